The van der Waals surface area contributed by atoms with Crippen molar-refractivity contribution in [2.75, 3.05) is 39.3 Å². The van der Waals surface area contributed by atoms with Gasteiger partial charge in [-0.05, 0) is 37.8 Å². The number of carbonyl (C=O) groups is 2. The van der Waals surface area contributed by atoms with E-state index in [1.807, 2.05) is 4.90 Å². The van der Waals surface area contributed by atoms with Gasteiger partial charge in [0, 0.05) is 56.4 Å². The fourth-order valence-corrected chi connectivity index (χ4v) is 3.98. The number of amides is 1. The molecular formula is C20H28N2O4. The van der Waals surface area contributed by atoms with Gasteiger partial charge in [-0.1, -0.05) is 12.1 Å². The van der Waals surface area contributed by atoms with Crippen LogP contribution in [-0.2, 0) is 0 Å². The molecule has 3 rings (SSSR count). The van der Waals surface area contributed by atoms with Gasteiger partial charge in [-0.25, -0.2) is 0 Å². The maximum Gasteiger partial charge on any atom is 0.253 e. The number of rotatable bonds is 5. The van der Waals surface area contributed by atoms with E-state index in [4.69, 9.17) is 0 Å². The Labute approximate surface area is 154 Å². The number of carbonyl (C=O) groups excluding carboxylic acids is 2. The molecule has 0 bridgehead atoms. The van der Waals surface area contributed by atoms with Gasteiger partial charge in [0.15, 0.2) is 5.78 Å². The first-order valence-corrected chi connectivity index (χ1v) is 9.39. The van der Waals surface area contributed by atoms with Gasteiger partial charge in [-0.2, -0.15) is 0 Å². The van der Waals surface area contributed by atoms with E-state index in [0.717, 1.165) is 32.5 Å². The van der Waals surface area contributed by atoms with Gasteiger partial charge in [0.2, 0.25) is 0 Å². The highest BCUT2D eigenvalue weighted by molar-refractivity contribution is 5.97. The minimum absolute atomic E-state index is 0.0165. The fourth-order valence-electron chi connectivity index (χ4n) is 3.98. The lowest BCUT2D eigenvalue weighted by Gasteiger charge is -2.32. The molecule has 1 aromatic carbocycles. The maximum atomic E-state index is 12.8. The molecule has 2 heterocycles. The summed E-state index contributed by atoms with van der Waals surface area (Å²) in [5.41, 5.74) is 1.18. The standard InChI is InChI=1S/C20H28N2O4/c1-14(24)15-2-4-16(5-3-15)20(26)22-11-17(18(12-22)13-23)10-21-8-6-19(25)7-9-21/h2-5,17-19,23,25H,6-13H2,1H3/t17-,18-/m1/s1. The third-order valence-corrected chi connectivity index (χ3v) is 5.69. The van der Waals surface area contributed by atoms with Crippen LogP contribution in [0.3, 0.4) is 0 Å². The normalized spacial score (nSPS) is 24.8. The number of aliphatic hydroxyl groups is 2. The smallest absolute Gasteiger partial charge is 0.253 e. The van der Waals surface area contributed by atoms with Crippen molar-refractivity contribution < 1.29 is 19.8 Å². The van der Waals surface area contributed by atoms with Crippen LogP contribution in [0.25, 0.3) is 0 Å². The molecule has 26 heavy (non-hydrogen) atoms. The van der Waals surface area contributed by atoms with Crippen molar-refractivity contribution in [3.63, 3.8) is 0 Å². The topological polar surface area (TPSA) is 81.1 Å². The third kappa shape index (κ3) is 4.31. The SMILES string of the molecule is CC(=O)c1ccc(C(=O)N2C[C@@H](CN3CCC(O)CC3)[C@@H](CO)C2)cc1. The molecule has 0 unspecified atom stereocenters. The molecule has 2 fully saturated rings. The molecule has 2 aliphatic rings. The van der Waals surface area contributed by atoms with E-state index in [0.29, 0.717) is 24.2 Å². The summed E-state index contributed by atoms with van der Waals surface area (Å²) < 4.78 is 0. The zero-order valence-electron chi connectivity index (χ0n) is 15.3. The Morgan fingerprint density at radius 2 is 1.62 bits per heavy atom. The Morgan fingerprint density at radius 1 is 1.04 bits per heavy atom. The van der Waals surface area contributed by atoms with E-state index in [9.17, 15) is 19.8 Å². The molecule has 2 atom stereocenters. The molecule has 2 aliphatic heterocycles. The number of likely N-dealkylation sites (tertiary alicyclic amines) is 2. The number of Topliss-reactive ketones (excluding diaryl/α,β-unsaturated/α-hetero) is 1. The zero-order valence-corrected chi connectivity index (χ0v) is 15.3. The summed E-state index contributed by atoms with van der Waals surface area (Å²) in [4.78, 5) is 28.3. The number of piperidine rings is 1. The average Bonchev–Trinajstić information content (AvgIpc) is 3.06. The van der Waals surface area contributed by atoms with Crippen LogP contribution in [0.5, 0.6) is 0 Å². The lowest BCUT2D eigenvalue weighted by Crippen LogP contribution is -2.40. The molecule has 0 aromatic heterocycles. The Bertz CT molecular complexity index is 638. The van der Waals surface area contributed by atoms with E-state index in [-0.39, 0.29) is 36.2 Å². The summed E-state index contributed by atoms with van der Waals surface area (Å²) in [5.74, 6) is 0.269. The van der Waals surface area contributed by atoms with Crippen molar-refractivity contribution in [1.29, 1.82) is 0 Å². The van der Waals surface area contributed by atoms with Crippen LogP contribution in [0.15, 0.2) is 24.3 Å². The zero-order chi connectivity index (χ0) is 18.7. The highest BCUT2D eigenvalue weighted by atomic mass is 16.3. The summed E-state index contributed by atoms with van der Waals surface area (Å²) in [6.45, 7) is 5.38. The van der Waals surface area contributed by atoms with Gasteiger partial charge in [-0.15, -0.1) is 0 Å². The minimum Gasteiger partial charge on any atom is -0.396 e. The second-order valence-corrected chi connectivity index (χ2v) is 7.58. The minimum atomic E-state index is -0.195. The third-order valence-electron chi connectivity index (χ3n) is 5.69. The van der Waals surface area contributed by atoms with Crippen LogP contribution < -0.4 is 0 Å². The van der Waals surface area contributed by atoms with Crippen LogP contribution in [0, 0.1) is 11.8 Å². The van der Waals surface area contributed by atoms with Crippen molar-refractivity contribution in [1.82, 2.24) is 9.80 Å². The number of aliphatic hydroxyl groups excluding tert-OH is 2. The number of ketones is 1. The van der Waals surface area contributed by atoms with E-state index in [2.05, 4.69) is 4.90 Å². The van der Waals surface area contributed by atoms with Crippen LogP contribution in [-0.4, -0.2) is 77.1 Å². The predicted molar refractivity (Wildman–Crippen MR) is 98.1 cm³/mol. The predicted octanol–water partition coefficient (Wildman–Crippen LogP) is 1.03. The highest BCUT2D eigenvalue weighted by Gasteiger charge is 2.36. The number of hydrogen-bond donors (Lipinski definition) is 2. The molecule has 2 N–H and O–H groups in total. The molecule has 2 saturated heterocycles. The molecule has 1 aromatic rings. The van der Waals surface area contributed by atoms with Crippen LogP contribution >= 0.6 is 0 Å². The van der Waals surface area contributed by atoms with Crippen molar-refractivity contribution >= 4 is 11.7 Å². The van der Waals surface area contributed by atoms with Crippen molar-refractivity contribution in [3.8, 4) is 0 Å². The maximum absolute atomic E-state index is 12.8. The van der Waals surface area contributed by atoms with E-state index in [1.54, 1.807) is 24.3 Å². The van der Waals surface area contributed by atoms with Gasteiger partial charge < -0.3 is 20.0 Å². The summed E-state index contributed by atoms with van der Waals surface area (Å²) in [6.07, 6.45) is 1.39. The largest absolute Gasteiger partial charge is 0.396 e. The Morgan fingerprint density at radius 3 is 2.19 bits per heavy atom. The van der Waals surface area contributed by atoms with E-state index >= 15 is 0 Å². The van der Waals surface area contributed by atoms with Gasteiger partial charge in [0.1, 0.15) is 0 Å². The molecule has 0 spiro atoms. The molecule has 6 heteroatoms. The van der Waals surface area contributed by atoms with Crippen molar-refractivity contribution in [3.05, 3.63) is 35.4 Å². The molecule has 0 radical (unpaired) electrons. The summed E-state index contributed by atoms with van der Waals surface area (Å²) in [5, 5.41) is 19.4. The molecule has 142 valence electrons. The van der Waals surface area contributed by atoms with Gasteiger partial charge in [0.25, 0.3) is 5.91 Å². The first-order chi connectivity index (χ1) is 12.5. The average molecular weight is 360 g/mol. The quantitative estimate of drug-likeness (QED) is 0.767. The monoisotopic (exact) mass is 360 g/mol. The lowest BCUT2D eigenvalue weighted by atomic mass is 9.95. The van der Waals surface area contributed by atoms with Crippen molar-refractivity contribution in [2.24, 2.45) is 11.8 Å². The number of benzene rings is 1. The second-order valence-electron chi connectivity index (χ2n) is 7.58. The summed E-state index contributed by atoms with van der Waals surface area (Å²) in [6, 6.07) is 6.77. The second kappa shape index (κ2) is 8.29. The van der Waals surface area contributed by atoms with E-state index < -0.39 is 0 Å². The lowest BCUT2D eigenvalue weighted by molar-refractivity contribution is 0.0679. The Hall–Kier alpha value is -1.76. The highest BCUT2D eigenvalue weighted by Crippen LogP contribution is 2.27. The molecular weight excluding hydrogens is 332 g/mol. The first kappa shape index (κ1) is 19.0. The first-order valence-electron chi connectivity index (χ1n) is 9.39. The Kier molecular flexibility index (Phi) is 6.06. The van der Waals surface area contributed by atoms with Gasteiger partial charge in [0.05, 0.1) is 6.10 Å². The van der Waals surface area contributed by atoms with E-state index in [1.165, 1.54) is 6.92 Å². The Balaban J connectivity index is 1.62. The van der Waals surface area contributed by atoms with Gasteiger partial charge in [-0.3, -0.25) is 9.59 Å². The molecule has 0 saturated carbocycles. The van der Waals surface area contributed by atoms with Gasteiger partial charge >= 0.3 is 0 Å². The molecule has 0 aliphatic carbocycles. The van der Waals surface area contributed by atoms with Crippen LogP contribution in [0.1, 0.15) is 40.5 Å². The number of hydrogen-bond acceptors (Lipinski definition) is 5. The summed E-state index contributed by atoms with van der Waals surface area (Å²) >= 11 is 0. The number of nitrogens with zero attached hydrogens (tertiary/aromatic N) is 2. The van der Waals surface area contributed by atoms with Crippen LogP contribution in [0.4, 0.5) is 0 Å². The summed E-state index contributed by atoms with van der Waals surface area (Å²) in [7, 11) is 0. The fraction of sp³-hybridized carbons (Fsp3) is 0.600. The molecule has 1 amide bonds. The van der Waals surface area contributed by atoms with Crippen molar-refractivity contribution in [2.45, 2.75) is 25.9 Å². The van der Waals surface area contributed by atoms with Crippen LogP contribution in [0.2, 0.25) is 0 Å². The molecule has 6 nitrogen and oxygen atoms in total.